The van der Waals surface area contributed by atoms with Crippen LogP contribution in [0.15, 0.2) is 18.5 Å². The van der Waals surface area contributed by atoms with Crippen molar-refractivity contribution in [3.63, 3.8) is 0 Å². The van der Waals surface area contributed by atoms with Crippen LogP contribution in [0.4, 0.5) is 0 Å². The lowest BCUT2D eigenvalue weighted by Crippen LogP contribution is -2.30. The molecule has 0 radical (unpaired) electrons. The summed E-state index contributed by atoms with van der Waals surface area (Å²) >= 11 is 0. The summed E-state index contributed by atoms with van der Waals surface area (Å²) in [6.45, 7) is 3.08. The van der Waals surface area contributed by atoms with Gasteiger partial charge in [0.2, 0.25) is 0 Å². The van der Waals surface area contributed by atoms with Gasteiger partial charge in [-0.15, -0.1) is 5.10 Å². The summed E-state index contributed by atoms with van der Waals surface area (Å²) in [7, 11) is 3.50. The zero-order valence-corrected chi connectivity index (χ0v) is 12.4. The average Bonchev–Trinajstić information content (AvgIpc) is 3.16. The van der Waals surface area contributed by atoms with Gasteiger partial charge in [-0.05, 0) is 18.6 Å². The molecule has 0 aliphatic carbocycles. The van der Waals surface area contributed by atoms with Gasteiger partial charge < -0.3 is 14.6 Å². The first kappa shape index (κ1) is 13.8. The molecule has 0 saturated carbocycles. The van der Waals surface area contributed by atoms with Crippen LogP contribution in [0.1, 0.15) is 27.7 Å². The summed E-state index contributed by atoms with van der Waals surface area (Å²) in [5.41, 5.74) is 2.46. The number of hydrogen-bond donors (Lipinski definition) is 1. The molecule has 1 fully saturated rings. The van der Waals surface area contributed by atoms with Crippen LogP contribution in [0, 0.1) is 6.92 Å². The van der Waals surface area contributed by atoms with E-state index in [1.54, 1.807) is 18.0 Å². The van der Waals surface area contributed by atoms with E-state index in [1.807, 2.05) is 31.1 Å². The van der Waals surface area contributed by atoms with Crippen molar-refractivity contribution >= 4 is 5.91 Å². The van der Waals surface area contributed by atoms with Crippen molar-refractivity contribution < 1.29 is 9.53 Å². The first-order valence-corrected chi connectivity index (χ1v) is 6.92. The number of hydrogen-bond acceptors (Lipinski definition) is 4. The standard InChI is InChI=1S/C14H19N5O2/c1-9-4-5-15-13(9)14(20)19-6-10(12(8-19)21-3)11-7-18(2)17-16-11/h4-5,7,10,12,15H,6,8H2,1-3H3/t10-,12+/m0/s1. The number of methoxy groups -OCH3 is 1. The fourth-order valence-corrected chi connectivity index (χ4v) is 2.83. The van der Waals surface area contributed by atoms with Crippen LogP contribution in [0.25, 0.3) is 0 Å². The molecular weight excluding hydrogens is 270 g/mol. The highest BCUT2D eigenvalue weighted by Gasteiger charge is 2.38. The molecule has 2 atom stereocenters. The van der Waals surface area contributed by atoms with Gasteiger partial charge in [0, 0.05) is 39.6 Å². The third-order valence-electron chi connectivity index (χ3n) is 4.03. The lowest BCUT2D eigenvalue weighted by atomic mass is 10.0. The number of carbonyl (C=O) groups excluding carboxylic acids is 1. The van der Waals surface area contributed by atoms with Crippen molar-refractivity contribution in [1.82, 2.24) is 24.9 Å². The summed E-state index contributed by atoms with van der Waals surface area (Å²) in [6, 6.07) is 1.90. The van der Waals surface area contributed by atoms with Crippen molar-refractivity contribution in [3.05, 3.63) is 35.4 Å². The van der Waals surface area contributed by atoms with E-state index in [4.69, 9.17) is 4.74 Å². The van der Waals surface area contributed by atoms with Crippen LogP contribution < -0.4 is 0 Å². The highest BCUT2D eigenvalue weighted by molar-refractivity contribution is 5.94. The molecule has 1 amide bonds. The Hall–Kier alpha value is -2.15. The molecule has 2 aromatic heterocycles. The van der Waals surface area contributed by atoms with Crippen LogP contribution in [0.3, 0.4) is 0 Å². The summed E-state index contributed by atoms with van der Waals surface area (Å²) in [6.07, 6.45) is 3.61. The summed E-state index contributed by atoms with van der Waals surface area (Å²) in [5, 5.41) is 8.12. The molecule has 1 N–H and O–H groups in total. The number of aryl methyl sites for hydroxylation is 2. The number of ether oxygens (including phenoxy) is 1. The van der Waals surface area contributed by atoms with E-state index in [2.05, 4.69) is 15.3 Å². The highest BCUT2D eigenvalue weighted by Crippen LogP contribution is 2.29. The predicted octanol–water partition coefficient (Wildman–Crippen LogP) is 0.706. The van der Waals surface area contributed by atoms with Gasteiger partial charge in [-0.3, -0.25) is 9.48 Å². The van der Waals surface area contributed by atoms with Gasteiger partial charge in [-0.25, -0.2) is 0 Å². The number of H-pyrrole nitrogens is 1. The number of amides is 1. The van der Waals surface area contributed by atoms with Gasteiger partial charge in [0.05, 0.1) is 17.7 Å². The van der Waals surface area contributed by atoms with Crippen LogP contribution >= 0.6 is 0 Å². The molecule has 0 bridgehead atoms. The SMILES string of the molecule is CO[C@@H]1CN(C(=O)c2[nH]ccc2C)C[C@H]1c1cn(C)nn1. The molecule has 7 heteroatoms. The number of nitrogens with one attached hydrogen (secondary N) is 1. The summed E-state index contributed by atoms with van der Waals surface area (Å²) in [5.74, 6) is 0.0638. The Balaban J connectivity index is 1.81. The normalized spacial score (nSPS) is 22.0. The van der Waals surface area contributed by atoms with E-state index in [1.165, 1.54) is 0 Å². The maximum atomic E-state index is 12.6. The molecule has 0 aromatic carbocycles. The first-order chi connectivity index (χ1) is 10.1. The van der Waals surface area contributed by atoms with Crippen LogP contribution in [0.2, 0.25) is 0 Å². The minimum atomic E-state index is -0.0547. The van der Waals surface area contributed by atoms with E-state index in [9.17, 15) is 4.79 Å². The molecule has 3 heterocycles. The van der Waals surface area contributed by atoms with Gasteiger partial charge in [0.15, 0.2) is 0 Å². The molecule has 1 saturated heterocycles. The van der Waals surface area contributed by atoms with Gasteiger partial charge in [0.25, 0.3) is 5.91 Å². The molecule has 112 valence electrons. The van der Waals surface area contributed by atoms with Crippen molar-refractivity contribution in [2.24, 2.45) is 7.05 Å². The van der Waals surface area contributed by atoms with Gasteiger partial charge in [-0.1, -0.05) is 5.21 Å². The molecule has 0 spiro atoms. The molecule has 1 aliphatic heterocycles. The van der Waals surface area contributed by atoms with Crippen molar-refractivity contribution in [1.29, 1.82) is 0 Å². The number of aromatic nitrogens is 4. The molecule has 21 heavy (non-hydrogen) atoms. The Labute approximate surface area is 122 Å². The lowest BCUT2D eigenvalue weighted by molar-refractivity contribution is 0.0709. The monoisotopic (exact) mass is 289 g/mol. The van der Waals surface area contributed by atoms with E-state index in [-0.39, 0.29) is 17.9 Å². The lowest BCUT2D eigenvalue weighted by Gasteiger charge is -2.15. The third-order valence-corrected chi connectivity index (χ3v) is 4.03. The highest BCUT2D eigenvalue weighted by atomic mass is 16.5. The van der Waals surface area contributed by atoms with Crippen molar-refractivity contribution in [3.8, 4) is 0 Å². The topological polar surface area (TPSA) is 76.0 Å². The van der Waals surface area contributed by atoms with E-state index < -0.39 is 0 Å². The minimum Gasteiger partial charge on any atom is -0.379 e. The molecule has 2 aromatic rings. The number of nitrogens with zero attached hydrogens (tertiary/aromatic N) is 4. The zero-order chi connectivity index (χ0) is 15.0. The third kappa shape index (κ3) is 2.44. The largest absolute Gasteiger partial charge is 0.379 e. The summed E-state index contributed by atoms with van der Waals surface area (Å²) < 4.78 is 7.20. The average molecular weight is 289 g/mol. The second-order valence-corrected chi connectivity index (χ2v) is 5.44. The van der Waals surface area contributed by atoms with E-state index in [0.29, 0.717) is 18.8 Å². The maximum absolute atomic E-state index is 12.6. The van der Waals surface area contributed by atoms with Gasteiger partial charge >= 0.3 is 0 Å². The first-order valence-electron chi connectivity index (χ1n) is 6.92. The number of rotatable bonds is 3. The van der Waals surface area contributed by atoms with Crippen molar-refractivity contribution in [2.75, 3.05) is 20.2 Å². The Kier molecular flexibility index (Phi) is 3.50. The second kappa shape index (κ2) is 5.33. The zero-order valence-electron chi connectivity index (χ0n) is 12.4. The Morgan fingerprint density at radius 2 is 2.29 bits per heavy atom. The second-order valence-electron chi connectivity index (χ2n) is 5.44. The van der Waals surface area contributed by atoms with Crippen LogP contribution in [-0.4, -0.2) is 57.1 Å². The molecule has 7 nitrogen and oxygen atoms in total. The number of aromatic amines is 1. The van der Waals surface area contributed by atoms with Crippen molar-refractivity contribution in [2.45, 2.75) is 18.9 Å². The maximum Gasteiger partial charge on any atom is 0.270 e. The molecule has 0 unspecified atom stereocenters. The quantitative estimate of drug-likeness (QED) is 0.902. The number of likely N-dealkylation sites (tertiary alicyclic amines) is 1. The molecule has 1 aliphatic rings. The fraction of sp³-hybridized carbons (Fsp3) is 0.500. The van der Waals surface area contributed by atoms with E-state index in [0.717, 1.165) is 11.3 Å². The van der Waals surface area contributed by atoms with E-state index >= 15 is 0 Å². The Morgan fingerprint density at radius 1 is 1.48 bits per heavy atom. The molecule has 3 rings (SSSR count). The predicted molar refractivity (Wildman–Crippen MR) is 76.0 cm³/mol. The van der Waals surface area contributed by atoms with Gasteiger partial charge in [0.1, 0.15) is 5.69 Å². The van der Waals surface area contributed by atoms with Crippen LogP contribution in [-0.2, 0) is 11.8 Å². The summed E-state index contributed by atoms with van der Waals surface area (Å²) in [4.78, 5) is 17.4. The minimum absolute atomic E-state index is 0.00550. The smallest absolute Gasteiger partial charge is 0.270 e. The number of carbonyl (C=O) groups is 1. The van der Waals surface area contributed by atoms with Crippen LogP contribution in [0.5, 0.6) is 0 Å². The Morgan fingerprint density at radius 3 is 2.86 bits per heavy atom. The Bertz CT molecular complexity index is 647. The van der Waals surface area contributed by atoms with Gasteiger partial charge in [-0.2, -0.15) is 0 Å². The fourth-order valence-electron chi connectivity index (χ4n) is 2.83. The molecular formula is C14H19N5O2.